The van der Waals surface area contributed by atoms with Crippen LogP contribution in [0.15, 0.2) is 22.7 Å². The molecule has 0 heterocycles. The Bertz CT molecular complexity index is 514. The van der Waals surface area contributed by atoms with Gasteiger partial charge in [0.25, 0.3) is 0 Å². The predicted molar refractivity (Wildman–Crippen MR) is 84.8 cm³/mol. The summed E-state index contributed by atoms with van der Waals surface area (Å²) in [5, 5.41) is 0. The highest BCUT2D eigenvalue weighted by atomic mass is 79.9. The van der Waals surface area contributed by atoms with Crippen LogP contribution in [-0.4, -0.2) is 18.0 Å². The molecule has 0 N–H and O–H groups in total. The summed E-state index contributed by atoms with van der Waals surface area (Å²) in [7, 11) is 0. The van der Waals surface area contributed by atoms with Crippen molar-refractivity contribution in [2.45, 2.75) is 51.6 Å². The largest absolute Gasteiger partial charge is 0.367 e. The summed E-state index contributed by atoms with van der Waals surface area (Å²) in [5.74, 6) is 0.232. The molecule has 1 aromatic rings. The molecule has 0 aromatic heterocycles. The summed E-state index contributed by atoms with van der Waals surface area (Å²) in [6, 6.07) is 4.82. The fourth-order valence-electron chi connectivity index (χ4n) is 3.26. The van der Waals surface area contributed by atoms with Crippen LogP contribution >= 0.6 is 15.9 Å². The van der Waals surface area contributed by atoms with E-state index in [0.29, 0.717) is 22.6 Å². The second kappa shape index (κ2) is 7.01. The Morgan fingerprint density at radius 3 is 2.95 bits per heavy atom. The van der Waals surface area contributed by atoms with Crippen molar-refractivity contribution in [2.75, 3.05) is 6.61 Å². The molecule has 2 nitrogen and oxygen atoms in total. The Kier molecular flexibility index (Phi) is 5.55. The first-order valence-corrected chi connectivity index (χ1v) is 8.38. The van der Waals surface area contributed by atoms with Crippen LogP contribution in [0.25, 0.3) is 0 Å². The second-order valence-corrected chi connectivity index (χ2v) is 6.73. The maximum Gasteiger partial charge on any atom is 0.169 e. The fourth-order valence-corrected chi connectivity index (χ4v) is 3.67. The van der Waals surface area contributed by atoms with Crippen LogP contribution in [-0.2, 0) is 16.0 Å². The van der Waals surface area contributed by atoms with Crippen molar-refractivity contribution in [2.24, 2.45) is 5.92 Å². The first kappa shape index (κ1) is 16.6. The highest BCUT2D eigenvalue weighted by Gasteiger charge is 2.42. The molecule has 1 aliphatic carbocycles. The highest BCUT2D eigenvalue weighted by Crippen LogP contribution is 2.37. The van der Waals surface area contributed by atoms with Crippen molar-refractivity contribution in [3.63, 3.8) is 0 Å². The van der Waals surface area contributed by atoms with Crippen LogP contribution in [0.2, 0.25) is 0 Å². The van der Waals surface area contributed by atoms with E-state index in [9.17, 15) is 9.18 Å². The lowest BCUT2D eigenvalue weighted by Crippen LogP contribution is -2.46. The quantitative estimate of drug-likeness (QED) is 0.765. The molecule has 21 heavy (non-hydrogen) atoms. The maximum absolute atomic E-state index is 13.6. The fraction of sp³-hybridized carbons (Fsp3) is 0.588. The van der Waals surface area contributed by atoms with E-state index < -0.39 is 5.60 Å². The molecule has 0 spiro atoms. The second-order valence-electron chi connectivity index (χ2n) is 5.94. The van der Waals surface area contributed by atoms with Gasteiger partial charge >= 0.3 is 0 Å². The van der Waals surface area contributed by atoms with Crippen molar-refractivity contribution in [3.05, 3.63) is 34.1 Å². The number of Topliss-reactive ketones (excluding diaryl/α,β-unsaturated/α-hetero) is 1. The van der Waals surface area contributed by atoms with Gasteiger partial charge in [0.05, 0.1) is 4.47 Å². The summed E-state index contributed by atoms with van der Waals surface area (Å²) >= 11 is 3.23. The van der Waals surface area contributed by atoms with Crippen LogP contribution in [0.3, 0.4) is 0 Å². The lowest BCUT2D eigenvalue weighted by molar-refractivity contribution is -0.150. The summed E-state index contributed by atoms with van der Waals surface area (Å²) in [5.41, 5.74) is 0.00958. The van der Waals surface area contributed by atoms with Gasteiger partial charge < -0.3 is 4.74 Å². The molecule has 2 atom stereocenters. The first-order chi connectivity index (χ1) is 9.98. The zero-order valence-corrected chi connectivity index (χ0v) is 14.2. The van der Waals surface area contributed by atoms with Gasteiger partial charge in [-0.3, -0.25) is 4.79 Å². The summed E-state index contributed by atoms with van der Waals surface area (Å²) in [4.78, 5) is 12.8. The molecule has 2 rings (SSSR count). The third-order valence-electron chi connectivity index (χ3n) is 4.27. The van der Waals surface area contributed by atoms with E-state index in [1.807, 2.05) is 6.92 Å². The lowest BCUT2D eigenvalue weighted by Gasteiger charge is -2.38. The third-order valence-corrected chi connectivity index (χ3v) is 5.16. The van der Waals surface area contributed by atoms with Gasteiger partial charge in [0.1, 0.15) is 11.4 Å². The van der Waals surface area contributed by atoms with Crippen molar-refractivity contribution >= 4 is 21.7 Å². The molecular formula is C17H22BrFO2. The average Bonchev–Trinajstić information content (AvgIpc) is 2.44. The van der Waals surface area contributed by atoms with E-state index in [2.05, 4.69) is 22.9 Å². The predicted octanol–water partition coefficient (Wildman–Crippen LogP) is 4.69. The van der Waals surface area contributed by atoms with E-state index >= 15 is 0 Å². The van der Waals surface area contributed by atoms with Crippen molar-refractivity contribution in [1.82, 2.24) is 0 Å². The third kappa shape index (κ3) is 3.72. The summed E-state index contributed by atoms with van der Waals surface area (Å²) in [6.07, 6.45) is 3.91. The van der Waals surface area contributed by atoms with E-state index in [1.165, 1.54) is 6.07 Å². The van der Waals surface area contributed by atoms with Crippen LogP contribution in [0.4, 0.5) is 4.39 Å². The number of ether oxygens (including phenoxy) is 1. The molecule has 1 aromatic carbocycles. The minimum absolute atomic E-state index is 0.0715. The average molecular weight is 357 g/mol. The number of rotatable bonds is 5. The molecule has 0 aliphatic heterocycles. The number of carbonyl (C=O) groups excluding carboxylic acids is 1. The van der Waals surface area contributed by atoms with Gasteiger partial charge in [0.15, 0.2) is 5.78 Å². The molecule has 0 bridgehead atoms. The lowest BCUT2D eigenvalue weighted by atomic mass is 9.75. The number of carbonyl (C=O) groups is 1. The molecule has 0 amide bonds. The maximum atomic E-state index is 13.6. The SMILES string of the molecule is CCOC1(C(=O)Cc2cccc(F)c2Br)CCCC(C)C1. The van der Waals surface area contributed by atoms with Crippen LogP contribution in [0.1, 0.15) is 45.1 Å². The van der Waals surface area contributed by atoms with Gasteiger partial charge in [-0.05, 0) is 59.7 Å². The number of hydrogen-bond acceptors (Lipinski definition) is 2. The molecule has 116 valence electrons. The van der Waals surface area contributed by atoms with Gasteiger partial charge in [0.2, 0.25) is 0 Å². The Morgan fingerprint density at radius 1 is 1.52 bits per heavy atom. The molecule has 1 fully saturated rings. The molecule has 1 saturated carbocycles. The number of ketones is 1. The molecular weight excluding hydrogens is 335 g/mol. The molecule has 4 heteroatoms. The minimum Gasteiger partial charge on any atom is -0.367 e. The van der Waals surface area contributed by atoms with Crippen molar-refractivity contribution in [3.8, 4) is 0 Å². The minimum atomic E-state index is -0.682. The summed E-state index contributed by atoms with van der Waals surface area (Å²) in [6.45, 7) is 4.62. The van der Waals surface area contributed by atoms with Gasteiger partial charge in [-0.25, -0.2) is 4.39 Å². The van der Waals surface area contributed by atoms with Crippen molar-refractivity contribution < 1.29 is 13.9 Å². The molecule has 2 unspecified atom stereocenters. The van der Waals surface area contributed by atoms with E-state index in [0.717, 1.165) is 25.7 Å². The van der Waals surface area contributed by atoms with E-state index in [4.69, 9.17) is 4.74 Å². The van der Waals surface area contributed by atoms with E-state index in [-0.39, 0.29) is 18.0 Å². The Hall–Kier alpha value is -0.740. The van der Waals surface area contributed by atoms with Gasteiger partial charge in [-0.2, -0.15) is 0 Å². The van der Waals surface area contributed by atoms with Gasteiger partial charge in [-0.1, -0.05) is 25.5 Å². The Balaban J connectivity index is 2.21. The Morgan fingerprint density at radius 2 is 2.29 bits per heavy atom. The monoisotopic (exact) mass is 356 g/mol. The first-order valence-electron chi connectivity index (χ1n) is 7.58. The van der Waals surface area contributed by atoms with Crippen LogP contribution in [0, 0.1) is 11.7 Å². The highest BCUT2D eigenvalue weighted by molar-refractivity contribution is 9.10. The molecule has 1 aliphatic rings. The zero-order valence-electron chi connectivity index (χ0n) is 12.6. The Labute approximate surface area is 134 Å². The molecule has 0 saturated heterocycles. The van der Waals surface area contributed by atoms with Crippen molar-refractivity contribution in [1.29, 1.82) is 0 Å². The zero-order chi connectivity index (χ0) is 15.5. The van der Waals surface area contributed by atoms with Gasteiger partial charge in [0, 0.05) is 13.0 Å². The topological polar surface area (TPSA) is 26.3 Å². The number of hydrogen-bond donors (Lipinski definition) is 0. The molecule has 0 radical (unpaired) electrons. The standard InChI is InChI=1S/C17H22BrFO2/c1-3-21-17(9-5-6-12(2)11-17)15(20)10-13-7-4-8-14(19)16(13)18/h4,7-8,12H,3,5-6,9-11H2,1-2H3. The van der Waals surface area contributed by atoms with Crippen LogP contribution < -0.4 is 0 Å². The smallest absolute Gasteiger partial charge is 0.169 e. The summed E-state index contributed by atoms with van der Waals surface area (Å²) < 4.78 is 19.9. The van der Waals surface area contributed by atoms with Gasteiger partial charge in [-0.15, -0.1) is 0 Å². The normalized spacial score (nSPS) is 25.8. The number of benzene rings is 1. The van der Waals surface area contributed by atoms with Crippen LogP contribution in [0.5, 0.6) is 0 Å². The number of halogens is 2. The van der Waals surface area contributed by atoms with E-state index in [1.54, 1.807) is 12.1 Å².